The van der Waals surface area contributed by atoms with Crippen LogP contribution >= 0.6 is 34.4 Å². The van der Waals surface area contributed by atoms with E-state index in [1.165, 1.54) is 23.1 Å². The van der Waals surface area contributed by atoms with Crippen molar-refractivity contribution in [2.45, 2.75) is 24.3 Å². The van der Waals surface area contributed by atoms with Crippen molar-refractivity contribution >= 4 is 44.7 Å². The third-order valence-electron chi connectivity index (χ3n) is 4.41. The fraction of sp³-hybridized carbons (Fsp3) is 0.158. The van der Waals surface area contributed by atoms with E-state index in [-0.39, 0.29) is 10.8 Å². The summed E-state index contributed by atoms with van der Waals surface area (Å²) in [5, 5.41) is 13.0. The molecule has 0 radical (unpaired) electrons. The van der Waals surface area contributed by atoms with Crippen molar-refractivity contribution in [2.75, 3.05) is 0 Å². The Balaban J connectivity index is 1.43. The van der Waals surface area contributed by atoms with Crippen LogP contribution in [0, 0.1) is 6.92 Å². The maximum atomic E-state index is 12.8. The van der Waals surface area contributed by atoms with E-state index in [0.29, 0.717) is 28.1 Å². The monoisotopic (exact) mass is 442 g/mol. The van der Waals surface area contributed by atoms with Crippen molar-refractivity contribution < 1.29 is 8.83 Å². The average molecular weight is 443 g/mol. The number of rotatable bonds is 5. The minimum Gasteiger partial charge on any atom is -0.469 e. The fourth-order valence-corrected chi connectivity index (χ4v) is 5.46. The number of furan rings is 1. The van der Waals surface area contributed by atoms with E-state index in [1.54, 1.807) is 23.7 Å². The Morgan fingerprint density at radius 1 is 1.21 bits per heavy atom. The van der Waals surface area contributed by atoms with Gasteiger partial charge < -0.3 is 13.8 Å². The minimum absolute atomic E-state index is 0.137. The van der Waals surface area contributed by atoms with Crippen LogP contribution in [0.2, 0.25) is 0 Å². The van der Waals surface area contributed by atoms with E-state index in [2.05, 4.69) is 20.2 Å². The smallest absolute Gasteiger partial charge is 0.277 e. The Bertz CT molecular complexity index is 1350. The number of thioether (sulfide) groups is 1. The molecular weight excluding hydrogens is 428 g/mol. The molecule has 0 aromatic carbocycles. The minimum atomic E-state index is -0.168. The second-order valence-electron chi connectivity index (χ2n) is 6.28. The van der Waals surface area contributed by atoms with Gasteiger partial charge in [0.1, 0.15) is 16.4 Å². The standard InChI is InChI=1S/C19H14N4O3S3/c1-9-11(5-6-25-9)17-22-23-19(26-17)29-10(2)15-20-16(24)14-12(8-28-18(14)21-15)13-4-3-7-27-13/h3-8,10H,1-2H3,(H,20,21,24)/t10-/m1/s1. The lowest BCUT2D eigenvalue weighted by Gasteiger charge is -2.07. The highest BCUT2D eigenvalue weighted by atomic mass is 32.2. The molecule has 5 heterocycles. The zero-order valence-corrected chi connectivity index (χ0v) is 17.8. The van der Waals surface area contributed by atoms with Gasteiger partial charge in [-0.2, -0.15) is 0 Å². The number of fused-ring (bicyclic) bond motifs is 1. The van der Waals surface area contributed by atoms with Crippen molar-refractivity contribution in [3.05, 3.63) is 57.2 Å². The number of aromatic amines is 1. The van der Waals surface area contributed by atoms with E-state index in [9.17, 15) is 4.79 Å². The van der Waals surface area contributed by atoms with Gasteiger partial charge in [-0.05, 0) is 31.4 Å². The first kappa shape index (κ1) is 18.3. The van der Waals surface area contributed by atoms with Gasteiger partial charge in [0.15, 0.2) is 0 Å². The third-order valence-corrected chi connectivity index (χ3v) is 7.13. The Morgan fingerprint density at radius 2 is 2.10 bits per heavy atom. The van der Waals surface area contributed by atoms with Gasteiger partial charge in [-0.25, -0.2) is 4.98 Å². The van der Waals surface area contributed by atoms with Gasteiger partial charge in [0, 0.05) is 15.8 Å². The summed E-state index contributed by atoms with van der Waals surface area (Å²) in [7, 11) is 0. The molecule has 5 aromatic heterocycles. The molecule has 0 aliphatic carbocycles. The molecule has 0 spiro atoms. The molecule has 10 heteroatoms. The van der Waals surface area contributed by atoms with Crippen LogP contribution in [0.5, 0.6) is 0 Å². The van der Waals surface area contributed by atoms with Crippen molar-refractivity contribution in [3.63, 3.8) is 0 Å². The Morgan fingerprint density at radius 3 is 2.86 bits per heavy atom. The van der Waals surface area contributed by atoms with E-state index in [4.69, 9.17) is 8.83 Å². The number of thiophene rings is 2. The Labute approximate surface area is 176 Å². The molecule has 0 unspecified atom stereocenters. The molecule has 1 N–H and O–H groups in total. The molecule has 1 atom stereocenters. The number of hydrogen-bond donors (Lipinski definition) is 1. The molecule has 29 heavy (non-hydrogen) atoms. The maximum absolute atomic E-state index is 12.8. The summed E-state index contributed by atoms with van der Waals surface area (Å²) in [4.78, 5) is 22.2. The zero-order valence-electron chi connectivity index (χ0n) is 15.3. The van der Waals surface area contributed by atoms with Crippen molar-refractivity contribution in [1.82, 2.24) is 20.2 Å². The molecular formula is C19H14N4O3S3. The van der Waals surface area contributed by atoms with E-state index < -0.39 is 0 Å². The Hall–Kier alpha value is -2.69. The van der Waals surface area contributed by atoms with Crippen LogP contribution in [0.4, 0.5) is 0 Å². The van der Waals surface area contributed by atoms with Crippen molar-refractivity contribution in [3.8, 4) is 21.9 Å². The first-order valence-corrected chi connectivity index (χ1v) is 11.3. The predicted octanol–water partition coefficient (Wildman–Crippen LogP) is 5.52. The molecule has 7 nitrogen and oxygen atoms in total. The van der Waals surface area contributed by atoms with Gasteiger partial charge >= 0.3 is 0 Å². The quantitative estimate of drug-likeness (QED) is 0.358. The average Bonchev–Trinajstić information content (AvgIpc) is 3.48. The van der Waals surface area contributed by atoms with Gasteiger partial charge in [-0.3, -0.25) is 4.79 Å². The SMILES string of the molecule is Cc1occc1-c1nnc(S[C@H](C)c2nc3scc(-c4cccs4)c3c(=O)[nH]2)o1. The normalized spacial score (nSPS) is 12.6. The number of aryl methyl sites for hydroxylation is 1. The summed E-state index contributed by atoms with van der Waals surface area (Å²) in [6, 6.07) is 5.77. The molecule has 0 saturated heterocycles. The first-order valence-electron chi connectivity index (χ1n) is 8.70. The zero-order chi connectivity index (χ0) is 20.0. The summed E-state index contributed by atoms with van der Waals surface area (Å²) < 4.78 is 11.0. The van der Waals surface area contributed by atoms with Gasteiger partial charge in [-0.1, -0.05) is 17.8 Å². The van der Waals surface area contributed by atoms with E-state index in [1.807, 2.05) is 36.7 Å². The number of hydrogen-bond acceptors (Lipinski definition) is 9. The van der Waals surface area contributed by atoms with Crippen LogP contribution in [0.1, 0.15) is 23.8 Å². The molecule has 0 amide bonds. The highest BCUT2D eigenvalue weighted by Crippen LogP contribution is 2.37. The summed E-state index contributed by atoms with van der Waals surface area (Å²) in [6.45, 7) is 3.78. The maximum Gasteiger partial charge on any atom is 0.277 e. The summed E-state index contributed by atoms with van der Waals surface area (Å²) in [5.41, 5.74) is 1.56. The van der Waals surface area contributed by atoms with Crippen molar-refractivity contribution in [2.24, 2.45) is 0 Å². The van der Waals surface area contributed by atoms with Gasteiger partial charge in [-0.15, -0.1) is 32.9 Å². The largest absolute Gasteiger partial charge is 0.469 e. The molecule has 5 rings (SSSR count). The molecule has 0 aliphatic rings. The second kappa shape index (κ2) is 7.29. The van der Waals surface area contributed by atoms with E-state index >= 15 is 0 Å². The van der Waals surface area contributed by atoms with Gasteiger partial charge in [0.25, 0.3) is 16.7 Å². The van der Waals surface area contributed by atoms with Gasteiger partial charge in [0.2, 0.25) is 0 Å². The second-order valence-corrected chi connectivity index (χ2v) is 9.38. The topological polar surface area (TPSA) is 97.8 Å². The number of aromatic nitrogens is 4. The van der Waals surface area contributed by atoms with Crippen LogP contribution in [-0.2, 0) is 0 Å². The highest BCUT2D eigenvalue weighted by Gasteiger charge is 2.20. The van der Waals surface area contributed by atoms with Crippen LogP contribution in [0.25, 0.3) is 32.1 Å². The lowest BCUT2D eigenvalue weighted by Crippen LogP contribution is -2.12. The lowest BCUT2D eigenvalue weighted by atomic mass is 10.2. The molecule has 0 fully saturated rings. The number of H-pyrrole nitrogens is 1. The van der Waals surface area contributed by atoms with Crippen LogP contribution in [-0.4, -0.2) is 20.2 Å². The van der Waals surface area contributed by atoms with Crippen LogP contribution < -0.4 is 5.56 Å². The van der Waals surface area contributed by atoms with Gasteiger partial charge in [0.05, 0.1) is 22.5 Å². The molecule has 146 valence electrons. The first-order chi connectivity index (χ1) is 14.1. The van der Waals surface area contributed by atoms with Crippen LogP contribution in [0.15, 0.2) is 54.1 Å². The fourth-order valence-electron chi connectivity index (χ4n) is 2.95. The van der Waals surface area contributed by atoms with Crippen LogP contribution in [0.3, 0.4) is 0 Å². The summed E-state index contributed by atoms with van der Waals surface area (Å²) >= 11 is 4.42. The predicted molar refractivity (Wildman–Crippen MR) is 115 cm³/mol. The molecule has 0 aliphatic heterocycles. The summed E-state index contributed by atoms with van der Waals surface area (Å²) in [5.74, 6) is 1.70. The number of nitrogens with zero attached hydrogens (tertiary/aromatic N) is 3. The Kier molecular flexibility index (Phi) is 4.61. The van der Waals surface area contributed by atoms with E-state index in [0.717, 1.165) is 20.8 Å². The summed E-state index contributed by atoms with van der Waals surface area (Å²) in [6.07, 6.45) is 1.58. The molecule has 0 saturated carbocycles. The lowest BCUT2D eigenvalue weighted by molar-refractivity contribution is 0.462. The van der Waals surface area contributed by atoms with Crippen molar-refractivity contribution in [1.29, 1.82) is 0 Å². The molecule has 5 aromatic rings. The highest BCUT2D eigenvalue weighted by molar-refractivity contribution is 7.99. The third kappa shape index (κ3) is 3.33. The number of nitrogens with one attached hydrogen (secondary N) is 1. The molecule has 0 bridgehead atoms.